The molecule has 0 N–H and O–H groups in total. The van der Waals surface area contributed by atoms with Crippen LogP contribution in [-0.4, -0.2) is 42.2 Å². The van der Waals surface area contributed by atoms with Gasteiger partial charge in [0.05, 0.1) is 12.5 Å². The third-order valence-electron chi connectivity index (χ3n) is 1.56. The van der Waals surface area contributed by atoms with Gasteiger partial charge in [0.15, 0.2) is 0 Å². The molecule has 0 fully saturated rings. The molecule has 0 aromatic rings. The summed E-state index contributed by atoms with van der Waals surface area (Å²) >= 11 is 0. The topological polar surface area (TPSA) is 44.8 Å². The van der Waals surface area contributed by atoms with Gasteiger partial charge in [0.2, 0.25) is 0 Å². The maximum Gasteiger partial charge on any atom is 0.308 e. The Morgan fingerprint density at radius 3 is 2.29 bits per heavy atom. The van der Waals surface area contributed by atoms with Crippen LogP contribution in [0.4, 0.5) is 0 Å². The van der Waals surface area contributed by atoms with Crippen LogP contribution in [0.5, 0.6) is 0 Å². The van der Waals surface area contributed by atoms with Gasteiger partial charge in [0.1, 0.15) is 15.4 Å². The summed E-state index contributed by atoms with van der Waals surface area (Å²) in [7, 11) is 3.69. The molecule has 0 aromatic carbocycles. The minimum absolute atomic E-state index is 0.0565. The van der Waals surface area contributed by atoms with Crippen LogP contribution in [0.15, 0.2) is 0 Å². The molecule has 0 aromatic heterocycles. The Hall–Kier alpha value is -0.393. The molecule has 0 spiro atoms. The molecule has 5 heteroatoms. The Balaban J connectivity index is 3.41. The van der Waals surface area contributed by atoms with Crippen LogP contribution in [0, 0.1) is 5.92 Å². The third kappa shape index (κ3) is 6.12. The van der Waals surface area contributed by atoms with Crippen LogP contribution < -0.4 is 0 Å². The lowest BCUT2D eigenvalue weighted by atomic mass is 10.2. The molecule has 0 rings (SSSR count). The number of methoxy groups -OCH3 is 2. The molecule has 0 bridgehead atoms. The van der Waals surface area contributed by atoms with E-state index in [1.54, 1.807) is 14.2 Å². The molecule has 4 nitrogen and oxygen atoms in total. The van der Waals surface area contributed by atoms with Gasteiger partial charge in [0, 0.05) is 14.2 Å². The summed E-state index contributed by atoms with van der Waals surface area (Å²) in [6, 6.07) is 0.783. The van der Waals surface area contributed by atoms with Gasteiger partial charge in [0.25, 0.3) is 0 Å². The first kappa shape index (κ1) is 13.6. The standard InChI is InChI=1S/C9H18O4Si/c1-7(2)8(10)13-5-6-14-9(11-3)12-4/h7,9H,5-6H2,1-4H3. The van der Waals surface area contributed by atoms with Gasteiger partial charge in [-0.25, -0.2) is 0 Å². The van der Waals surface area contributed by atoms with Gasteiger partial charge < -0.3 is 14.2 Å². The SMILES string of the molecule is COC(OC)[Si]CCOC(=O)C(C)C. The van der Waals surface area contributed by atoms with Gasteiger partial charge in [-0.2, -0.15) is 0 Å². The first-order valence-electron chi connectivity index (χ1n) is 4.57. The van der Waals surface area contributed by atoms with E-state index in [0.717, 1.165) is 6.04 Å². The molecule has 0 saturated carbocycles. The van der Waals surface area contributed by atoms with Gasteiger partial charge >= 0.3 is 5.97 Å². The molecule has 2 radical (unpaired) electrons. The van der Waals surface area contributed by atoms with Gasteiger partial charge in [-0.15, -0.1) is 0 Å². The molecule has 0 amide bonds. The molecular formula is C9H18O4Si. The summed E-state index contributed by atoms with van der Waals surface area (Å²) in [5.41, 5.74) is 0. The third-order valence-corrected chi connectivity index (χ3v) is 2.85. The summed E-state index contributed by atoms with van der Waals surface area (Å²) in [5, 5.41) is 0. The van der Waals surface area contributed by atoms with Crippen molar-refractivity contribution >= 4 is 15.5 Å². The van der Waals surface area contributed by atoms with Crippen molar-refractivity contribution in [3.63, 3.8) is 0 Å². The fourth-order valence-electron chi connectivity index (χ4n) is 0.758. The van der Waals surface area contributed by atoms with E-state index in [2.05, 4.69) is 0 Å². The zero-order valence-electron chi connectivity index (χ0n) is 9.20. The summed E-state index contributed by atoms with van der Waals surface area (Å²) in [5.74, 6) is -0.382. The van der Waals surface area contributed by atoms with Crippen molar-refractivity contribution in [1.82, 2.24) is 0 Å². The van der Waals surface area contributed by atoms with E-state index in [9.17, 15) is 4.79 Å². The highest BCUT2D eigenvalue weighted by Crippen LogP contribution is 1.98. The second kappa shape index (κ2) is 7.96. The predicted octanol–water partition coefficient (Wildman–Crippen LogP) is 0.884. The predicted molar refractivity (Wildman–Crippen MR) is 54.2 cm³/mol. The number of rotatable bonds is 7. The highest BCUT2D eigenvalue weighted by atomic mass is 28.2. The Labute approximate surface area is 87.7 Å². The van der Waals surface area contributed by atoms with Crippen LogP contribution in [0.2, 0.25) is 6.04 Å². The molecule has 0 aliphatic rings. The van der Waals surface area contributed by atoms with Crippen molar-refractivity contribution in [2.75, 3.05) is 20.8 Å². The summed E-state index contributed by atoms with van der Waals surface area (Å²) in [6.07, 6.45) is 0. The smallest absolute Gasteiger partial charge is 0.308 e. The zero-order valence-corrected chi connectivity index (χ0v) is 10.2. The molecule has 0 unspecified atom stereocenters. The number of hydrogen-bond acceptors (Lipinski definition) is 4. The van der Waals surface area contributed by atoms with Crippen molar-refractivity contribution < 1.29 is 19.0 Å². The molecule has 0 heterocycles. The highest BCUT2D eigenvalue weighted by molar-refractivity contribution is 6.36. The molecule has 0 saturated heterocycles. The Morgan fingerprint density at radius 2 is 1.86 bits per heavy atom. The van der Waals surface area contributed by atoms with Crippen LogP contribution in [-0.2, 0) is 19.0 Å². The van der Waals surface area contributed by atoms with Crippen molar-refractivity contribution in [2.24, 2.45) is 5.92 Å². The Morgan fingerprint density at radius 1 is 1.29 bits per heavy atom. The molecule has 0 aliphatic carbocycles. The van der Waals surface area contributed by atoms with Crippen LogP contribution >= 0.6 is 0 Å². The van der Waals surface area contributed by atoms with Gasteiger partial charge in [-0.1, -0.05) is 13.8 Å². The fraction of sp³-hybridized carbons (Fsp3) is 0.889. The number of hydrogen-bond donors (Lipinski definition) is 0. The molecule has 82 valence electrons. The van der Waals surface area contributed by atoms with Gasteiger partial charge in [-0.3, -0.25) is 4.79 Å². The average Bonchev–Trinajstić information content (AvgIpc) is 2.17. The largest absolute Gasteiger partial charge is 0.466 e. The average molecular weight is 218 g/mol. The zero-order chi connectivity index (χ0) is 11.0. The first-order chi connectivity index (χ1) is 6.61. The monoisotopic (exact) mass is 218 g/mol. The van der Waals surface area contributed by atoms with E-state index in [1.807, 2.05) is 13.8 Å². The summed E-state index contributed by atoms with van der Waals surface area (Å²) in [6.45, 7) is 4.08. The lowest BCUT2D eigenvalue weighted by molar-refractivity contribution is -0.146. The minimum atomic E-state index is -0.173. The number of carbonyl (C=O) groups is 1. The Bertz CT molecular complexity index is 157. The van der Waals surface area contributed by atoms with E-state index < -0.39 is 0 Å². The normalized spacial score (nSPS) is 11.0. The van der Waals surface area contributed by atoms with Crippen LogP contribution in [0.1, 0.15) is 13.8 Å². The van der Waals surface area contributed by atoms with Gasteiger partial charge in [-0.05, 0) is 6.04 Å². The molecule has 14 heavy (non-hydrogen) atoms. The fourth-order valence-corrected chi connectivity index (χ4v) is 1.55. The van der Waals surface area contributed by atoms with Crippen molar-refractivity contribution in [3.8, 4) is 0 Å². The van der Waals surface area contributed by atoms with E-state index in [-0.39, 0.29) is 17.8 Å². The molecule has 0 aliphatic heterocycles. The van der Waals surface area contributed by atoms with E-state index in [0.29, 0.717) is 16.1 Å². The molecular weight excluding hydrogens is 200 g/mol. The van der Waals surface area contributed by atoms with Crippen molar-refractivity contribution in [2.45, 2.75) is 25.8 Å². The van der Waals surface area contributed by atoms with Crippen molar-refractivity contribution in [3.05, 3.63) is 0 Å². The van der Waals surface area contributed by atoms with E-state index in [1.165, 1.54) is 0 Å². The van der Waals surface area contributed by atoms with Crippen LogP contribution in [0.3, 0.4) is 0 Å². The molecule has 0 atom stereocenters. The first-order valence-corrected chi connectivity index (χ1v) is 5.85. The number of carbonyl (C=O) groups excluding carboxylic acids is 1. The van der Waals surface area contributed by atoms with Crippen LogP contribution in [0.25, 0.3) is 0 Å². The quantitative estimate of drug-likeness (QED) is 0.275. The maximum absolute atomic E-state index is 11.0. The van der Waals surface area contributed by atoms with E-state index in [4.69, 9.17) is 14.2 Å². The van der Waals surface area contributed by atoms with E-state index >= 15 is 0 Å². The number of ether oxygens (including phenoxy) is 3. The highest BCUT2D eigenvalue weighted by Gasteiger charge is 2.09. The lowest BCUT2D eigenvalue weighted by Gasteiger charge is -2.12. The second-order valence-corrected chi connectivity index (χ2v) is 4.46. The minimum Gasteiger partial charge on any atom is -0.466 e. The number of esters is 1. The Kier molecular flexibility index (Phi) is 7.74. The second-order valence-electron chi connectivity index (χ2n) is 3.08. The van der Waals surface area contributed by atoms with Crippen molar-refractivity contribution in [1.29, 1.82) is 0 Å². The summed E-state index contributed by atoms with van der Waals surface area (Å²) in [4.78, 5) is 11.0. The lowest BCUT2D eigenvalue weighted by Crippen LogP contribution is -2.23. The summed E-state index contributed by atoms with van der Waals surface area (Å²) < 4.78 is 15.0. The maximum atomic E-state index is 11.0.